The second-order valence-electron chi connectivity index (χ2n) is 5.46. The second kappa shape index (κ2) is 5.63. The molecule has 1 amide bonds. The molecule has 2 aromatic rings. The largest absolute Gasteiger partial charge is 0.449 e. The van der Waals surface area contributed by atoms with Gasteiger partial charge in [-0.2, -0.15) is 0 Å². The van der Waals surface area contributed by atoms with Crippen molar-refractivity contribution in [3.8, 4) is 0 Å². The molecule has 1 aliphatic heterocycles. The lowest BCUT2D eigenvalue weighted by atomic mass is 10.1. The predicted molar refractivity (Wildman–Crippen MR) is 86.7 cm³/mol. The van der Waals surface area contributed by atoms with Crippen LogP contribution >= 0.6 is 27.5 Å². The number of rotatable bonds is 2. The summed E-state index contributed by atoms with van der Waals surface area (Å²) in [6.07, 6.45) is 0.955. The number of halogens is 2. The Balaban J connectivity index is 1.99. The van der Waals surface area contributed by atoms with Crippen LogP contribution in [-0.2, 0) is 0 Å². The second-order valence-corrected chi connectivity index (χ2v) is 6.75. The molecule has 0 spiro atoms. The van der Waals surface area contributed by atoms with E-state index in [4.69, 9.17) is 21.8 Å². The van der Waals surface area contributed by atoms with Gasteiger partial charge in [0.15, 0.2) is 5.76 Å². The minimum Gasteiger partial charge on any atom is -0.449 e. The Hall–Kier alpha value is -1.04. The van der Waals surface area contributed by atoms with E-state index in [0.717, 1.165) is 28.4 Å². The molecule has 1 aliphatic rings. The van der Waals surface area contributed by atoms with Crippen LogP contribution in [0.4, 0.5) is 0 Å². The summed E-state index contributed by atoms with van der Waals surface area (Å²) in [6, 6.07) is 3.59. The Kier molecular flexibility index (Phi) is 3.99. The van der Waals surface area contributed by atoms with Gasteiger partial charge >= 0.3 is 0 Å². The molecule has 2 N–H and O–H groups in total. The Morgan fingerprint density at radius 2 is 2.33 bits per heavy atom. The number of aryl methyl sites for hydroxylation is 1. The third-order valence-corrected chi connectivity index (χ3v) is 4.86. The van der Waals surface area contributed by atoms with E-state index in [0.29, 0.717) is 35.4 Å². The highest BCUT2D eigenvalue weighted by atomic mass is 79.9. The van der Waals surface area contributed by atoms with Crippen LogP contribution in [0.3, 0.4) is 0 Å². The van der Waals surface area contributed by atoms with Crippen molar-refractivity contribution in [1.82, 2.24) is 4.90 Å². The zero-order valence-electron chi connectivity index (χ0n) is 11.7. The topological polar surface area (TPSA) is 59.5 Å². The van der Waals surface area contributed by atoms with E-state index in [1.165, 1.54) is 0 Å². The number of furan rings is 1. The van der Waals surface area contributed by atoms with E-state index < -0.39 is 0 Å². The number of benzene rings is 1. The van der Waals surface area contributed by atoms with Crippen molar-refractivity contribution in [3.05, 3.63) is 33.0 Å². The van der Waals surface area contributed by atoms with Gasteiger partial charge in [-0.3, -0.25) is 4.79 Å². The van der Waals surface area contributed by atoms with Gasteiger partial charge in [0, 0.05) is 29.1 Å². The third kappa shape index (κ3) is 2.58. The molecular formula is C15H16BrClN2O2. The maximum absolute atomic E-state index is 12.6. The van der Waals surface area contributed by atoms with Crippen molar-refractivity contribution in [1.29, 1.82) is 0 Å². The molecule has 1 aromatic heterocycles. The van der Waals surface area contributed by atoms with Crippen LogP contribution in [0.2, 0.25) is 5.02 Å². The highest BCUT2D eigenvalue weighted by Crippen LogP contribution is 2.34. The minimum atomic E-state index is -0.0670. The molecule has 1 atom stereocenters. The van der Waals surface area contributed by atoms with Crippen molar-refractivity contribution in [2.45, 2.75) is 13.3 Å². The first-order chi connectivity index (χ1) is 10.0. The molecule has 2 heterocycles. The van der Waals surface area contributed by atoms with E-state index >= 15 is 0 Å². The number of nitrogens with zero attached hydrogens (tertiary/aromatic N) is 1. The normalized spacial score (nSPS) is 18.7. The number of amides is 1. The van der Waals surface area contributed by atoms with Crippen LogP contribution in [0.25, 0.3) is 11.0 Å². The summed E-state index contributed by atoms with van der Waals surface area (Å²) in [5.74, 6) is 0.716. The monoisotopic (exact) mass is 370 g/mol. The maximum Gasteiger partial charge on any atom is 0.289 e. The minimum absolute atomic E-state index is 0.0670. The molecule has 0 saturated carbocycles. The fourth-order valence-electron chi connectivity index (χ4n) is 2.80. The number of fused-ring (bicyclic) bond motifs is 1. The highest BCUT2D eigenvalue weighted by Gasteiger charge is 2.29. The summed E-state index contributed by atoms with van der Waals surface area (Å²) in [4.78, 5) is 14.5. The van der Waals surface area contributed by atoms with E-state index in [1.54, 1.807) is 6.07 Å². The standard InChI is InChI=1S/C15H16BrClN2O2/c1-8-11-4-10(17)5-12(16)14(11)21-13(8)15(20)19-3-2-9(6-18)7-19/h4-5,9H,2-3,6-7,18H2,1H3/t9-/m1/s1. The van der Waals surface area contributed by atoms with Gasteiger partial charge < -0.3 is 15.1 Å². The average Bonchev–Trinajstić information content (AvgIpc) is 3.04. The summed E-state index contributed by atoms with van der Waals surface area (Å²) in [7, 11) is 0. The lowest BCUT2D eigenvalue weighted by Gasteiger charge is -2.14. The van der Waals surface area contributed by atoms with Crippen molar-refractivity contribution in [2.24, 2.45) is 11.7 Å². The summed E-state index contributed by atoms with van der Waals surface area (Å²) < 4.78 is 6.56. The van der Waals surface area contributed by atoms with Crippen LogP contribution < -0.4 is 5.73 Å². The molecular weight excluding hydrogens is 356 g/mol. The number of carbonyl (C=O) groups excluding carboxylic acids is 1. The number of nitrogens with two attached hydrogens (primary N) is 1. The van der Waals surface area contributed by atoms with E-state index in [1.807, 2.05) is 17.9 Å². The van der Waals surface area contributed by atoms with E-state index in [2.05, 4.69) is 15.9 Å². The van der Waals surface area contributed by atoms with Gasteiger partial charge in [-0.25, -0.2) is 0 Å². The molecule has 0 radical (unpaired) electrons. The smallest absolute Gasteiger partial charge is 0.289 e. The van der Waals surface area contributed by atoms with Crippen LogP contribution in [-0.4, -0.2) is 30.4 Å². The van der Waals surface area contributed by atoms with Gasteiger partial charge in [0.1, 0.15) is 5.58 Å². The number of hydrogen-bond donors (Lipinski definition) is 1. The van der Waals surface area contributed by atoms with E-state index in [-0.39, 0.29) is 5.91 Å². The van der Waals surface area contributed by atoms with E-state index in [9.17, 15) is 4.79 Å². The van der Waals surface area contributed by atoms with Crippen LogP contribution in [0.5, 0.6) is 0 Å². The van der Waals surface area contributed by atoms with Gasteiger partial charge in [-0.05, 0) is 53.9 Å². The van der Waals surface area contributed by atoms with Gasteiger partial charge in [0.25, 0.3) is 5.91 Å². The molecule has 4 nitrogen and oxygen atoms in total. The average molecular weight is 372 g/mol. The molecule has 112 valence electrons. The molecule has 0 bridgehead atoms. The molecule has 3 rings (SSSR count). The van der Waals surface area contributed by atoms with Gasteiger partial charge in [-0.15, -0.1) is 0 Å². The molecule has 21 heavy (non-hydrogen) atoms. The number of likely N-dealkylation sites (tertiary alicyclic amines) is 1. The maximum atomic E-state index is 12.6. The summed E-state index contributed by atoms with van der Waals surface area (Å²) in [5.41, 5.74) is 7.17. The van der Waals surface area contributed by atoms with Crippen LogP contribution in [0, 0.1) is 12.8 Å². The zero-order valence-corrected chi connectivity index (χ0v) is 14.0. The van der Waals surface area contributed by atoms with Gasteiger partial charge in [0.2, 0.25) is 0 Å². The molecule has 1 fully saturated rings. The summed E-state index contributed by atoms with van der Waals surface area (Å²) >= 11 is 9.50. The van der Waals surface area contributed by atoms with Gasteiger partial charge in [0.05, 0.1) is 4.47 Å². The third-order valence-electron chi connectivity index (χ3n) is 4.06. The molecule has 6 heteroatoms. The SMILES string of the molecule is Cc1c(C(=O)N2CC[C@H](CN)C2)oc2c(Br)cc(Cl)cc12. The first kappa shape index (κ1) is 14.9. The lowest BCUT2D eigenvalue weighted by molar-refractivity contribution is 0.0757. The highest BCUT2D eigenvalue weighted by molar-refractivity contribution is 9.10. The van der Waals surface area contributed by atoms with Crippen molar-refractivity contribution >= 4 is 44.4 Å². The van der Waals surface area contributed by atoms with Crippen LogP contribution in [0.15, 0.2) is 21.0 Å². The Bertz CT molecular complexity index is 713. The number of hydrogen-bond acceptors (Lipinski definition) is 3. The summed E-state index contributed by atoms with van der Waals surface area (Å²) in [5, 5.41) is 1.48. The Labute approximate surface area is 136 Å². The summed E-state index contributed by atoms with van der Waals surface area (Å²) in [6.45, 7) is 3.94. The van der Waals surface area contributed by atoms with Gasteiger partial charge in [-0.1, -0.05) is 11.6 Å². The molecule has 0 aliphatic carbocycles. The fourth-order valence-corrected chi connectivity index (χ4v) is 3.69. The fraction of sp³-hybridized carbons (Fsp3) is 0.400. The van der Waals surface area contributed by atoms with Crippen molar-refractivity contribution < 1.29 is 9.21 Å². The number of carbonyl (C=O) groups is 1. The Morgan fingerprint density at radius 1 is 1.57 bits per heavy atom. The molecule has 1 aromatic carbocycles. The molecule has 1 saturated heterocycles. The quantitative estimate of drug-likeness (QED) is 0.878. The van der Waals surface area contributed by atoms with Crippen LogP contribution in [0.1, 0.15) is 22.5 Å². The first-order valence-corrected chi connectivity index (χ1v) is 8.06. The first-order valence-electron chi connectivity index (χ1n) is 6.88. The predicted octanol–water partition coefficient (Wildman–Crippen LogP) is 3.58. The van der Waals surface area contributed by atoms with Crippen molar-refractivity contribution in [2.75, 3.05) is 19.6 Å². The lowest BCUT2D eigenvalue weighted by Crippen LogP contribution is -2.30. The zero-order chi connectivity index (χ0) is 15.1. The Morgan fingerprint density at radius 3 is 3.00 bits per heavy atom. The van der Waals surface area contributed by atoms with Crippen molar-refractivity contribution in [3.63, 3.8) is 0 Å². The molecule has 0 unspecified atom stereocenters.